The third kappa shape index (κ3) is 1.18. The molecular weight excluding hydrogens is 136 g/mol. The molecule has 0 aromatic carbocycles. The van der Waals surface area contributed by atoms with Gasteiger partial charge < -0.3 is 10.6 Å². The van der Waals surface area contributed by atoms with Crippen LogP contribution in [-0.2, 0) is 0 Å². The zero-order valence-corrected chi connectivity index (χ0v) is 7.29. The Bertz CT molecular complexity index is 146. The topological polar surface area (TPSA) is 29.3 Å². The van der Waals surface area contributed by atoms with Crippen LogP contribution in [0.1, 0.15) is 19.3 Å². The zero-order valence-electron chi connectivity index (χ0n) is 7.29. The molecule has 2 rings (SSSR count). The summed E-state index contributed by atoms with van der Waals surface area (Å²) in [5.41, 5.74) is 5.48. The second-order valence-corrected chi connectivity index (χ2v) is 4.02. The van der Waals surface area contributed by atoms with Crippen LogP contribution in [0.15, 0.2) is 0 Å². The SMILES string of the molecule is CN1CCC2C(CCCN)C21. The van der Waals surface area contributed by atoms with Crippen molar-refractivity contribution in [3.8, 4) is 0 Å². The van der Waals surface area contributed by atoms with Crippen molar-refractivity contribution < 1.29 is 0 Å². The second kappa shape index (κ2) is 2.76. The highest BCUT2D eigenvalue weighted by atomic mass is 15.2. The summed E-state index contributed by atoms with van der Waals surface area (Å²) < 4.78 is 0. The molecule has 1 aliphatic heterocycles. The van der Waals surface area contributed by atoms with Gasteiger partial charge in [-0.05, 0) is 51.2 Å². The molecule has 0 bridgehead atoms. The summed E-state index contributed by atoms with van der Waals surface area (Å²) in [4.78, 5) is 2.52. The van der Waals surface area contributed by atoms with Crippen LogP contribution < -0.4 is 5.73 Å². The molecule has 0 amide bonds. The maximum atomic E-state index is 5.48. The van der Waals surface area contributed by atoms with Crippen molar-refractivity contribution in [2.24, 2.45) is 17.6 Å². The van der Waals surface area contributed by atoms with Crippen LogP contribution in [0.2, 0.25) is 0 Å². The van der Waals surface area contributed by atoms with Gasteiger partial charge in [-0.2, -0.15) is 0 Å². The van der Waals surface area contributed by atoms with Crippen LogP contribution in [0.5, 0.6) is 0 Å². The van der Waals surface area contributed by atoms with Crippen LogP contribution in [0, 0.1) is 11.8 Å². The molecule has 2 fully saturated rings. The monoisotopic (exact) mass is 154 g/mol. The van der Waals surface area contributed by atoms with Gasteiger partial charge in [0.05, 0.1) is 0 Å². The van der Waals surface area contributed by atoms with Gasteiger partial charge in [-0.15, -0.1) is 0 Å². The Morgan fingerprint density at radius 1 is 1.55 bits per heavy atom. The highest BCUT2D eigenvalue weighted by Gasteiger charge is 2.54. The fourth-order valence-corrected chi connectivity index (χ4v) is 2.70. The van der Waals surface area contributed by atoms with Crippen LogP contribution in [0.25, 0.3) is 0 Å². The molecule has 2 heteroatoms. The highest BCUT2D eigenvalue weighted by molar-refractivity contribution is 5.07. The molecule has 0 radical (unpaired) electrons. The van der Waals surface area contributed by atoms with E-state index in [0.29, 0.717) is 0 Å². The lowest BCUT2D eigenvalue weighted by Gasteiger charge is -2.12. The summed E-state index contributed by atoms with van der Waals surface area (Å²) in [5, 5.41) is 0. The van der Waals surface area contributed by atoms with Crippen molar-refractivity contribution in [2.75, 3.05) is 20.1 Å². The highest BCUT2D eigenvalue weighted by Crippen LogP contribution is 2.52. The summed E-state index contributed by atoms with van der Waals surface area (Å²) in [6, 6.07) is 0.946. The Labute approximate surface area is 68.7 Å². The molecule has 11 heavy (non-hydrogen) atoms. The molecule has 1 heterocycles. The molecule has 0 aromatic heterocycles. The molecule has 1 aliphatic carbocycles. The third-order valence-electron chi connectivity index (χ3n) is 3.35. The molecular formula is C9H18N2. The number of fused-ring (bicyclic) bond motifs is 1. The summed E-state index contributed by atoms with van der Waals surface area (Å²) in [5.74, 6) is 2.06. The van der Waals surface area contributed by atoms with Gasteiger partial charge in [-0.1, -0.05) is 0 Å². The summed E-state index contributed by atoms with van der Waals surface area (Å²) in [6.45, 7) is 2.20. The fraction of sp³-hybridized carbons (Fsp3) is 1.00. The predicted molar refractivity (Wildman–Crippen MR) is 46.3 cm³/mol. The van der Waals surface area contributed by atoms with E-state index in [1.807, 2.05) is 0 Å². The molecule has 3 atom stereocenters. The van der Waals surface area contributed by atoms with Gasteiger partial charge in [-0.3, -0.25) is 0 Å². The standard InChI is InChI=1S/C9H18N2/c1-11-6-4-8-7(9(8)11)3-2-5-10/h7-9H,2-6,10H2,1H3. The predicted octanol–water partition coefficient (Wildman–Crippen LogP) is 0.675. The van der Waals surface area contributed by atoms with Gasteiger partial charge in [0, 0.05) is 6.04 Å². The minimum atomic E-state index is 0.875. The van der Waals surface area contributed by atoms with Gasteiger partial charge in [0.1, 0.15) is 0 Å². The molecule has 2 nitrogen and oxygen atoms in total. The lowest BCUT2D eigenvalue weighted by atomic mass is 10.1. The van der Waals surface area contributed by atoms with E-state index in [2.05, 4.69) is 11.9 Å². The van der Waals surface area contributed by atoms with E-state index >= 15 is 0 Å². The average Bonchev–Trinajstić information content (AvgIpc) is 2.58. The Morgan fingerprint density at radius 2 is 2.36 bits per heavy atom. The van der Waals surface area contributed by atoms with Crippen molar-refractivity contribution in [1.82, 2.24) is 4.90 Å². The molecule has 0 aromatic rings. The lowest BCUT2D eigenvalue weighted by Crippen LogP contribution is -2.19. The first-order valence-electron chi connectivity index (χ1n) is 4.75. The Morgan fingerprint density at radius 3 is 2.91 bits per heavy atom. The van der Waals surface area contributed by atoms with E-state index in [1.54, 1.807) is 0 Å². The Hall–Kier alpha value is -0.0800. The minimum Gasteiger partial charge on any atom is -0.330 e. The number of likely N-dealkylation sites (tertiary alicyclic amines) is 1. The van der Waals surface area contributed by atoms with Crippen molar-refractivity contribution in [1.29, 1.82) is 0 Å². The van der Waals surface area contributed by atoms with Gasteiger partial charge in [0.25, 0.3) is 0 Å². The van der Waals surface area contributed by atoms with E-state index in [4.69, 9.17) is 5.73 Å². The first kappa shape index (κ1) is 7.56. The maximum absolute atomic E-state index is 5.48. The van der Waals surface area contributed by atoms with Crippen molar-refractivity contribution in [2.45, 2.75) is 25.3 Å². The van der Waals surface area contributed by atoms with E-state index in [-0.39, 0.29) is 0 Å². The number of nitrogens with zero attached hydrogens (tertiary/aromatic N) is 1. The number of nitrogens with two attached hydrogens (primary N) is 1. The van der Waals surface area contributed by atoms with E-state index in [0.717, 1.165) is 24.4 Å². The van der Waals surface area contributed by atoms with Gasteiger partial charge in [0.2, 0.25) is 0 Å². The number of piperidine rings is 1. The average molecular weight is 154 g/mol. The first-order valence-corrected chi connectivity index (χ1v) is 4.75. The van der Waals surface area contributed by atoms with Crippen LogP contribution in [0.3, 0.4) is 0 Å². The zero-order chi connectivity index (χ0) is 7.84. The number of hydrogen-bond donors (Lipinski definition) is 1. The molecule has 1 saturated carbocycles. The van der Waals surface area contributed by atoms with Gasteiger partial charge >= 0.3 is 0 Å². The van der Waals surface area contributed by atoms with Crippen molar-refractivity contribution in [3.05, 3.63) is 0 Å². The molecule has 1 saturated heterocycles. The molecule has 3 unspecified atom stereocenters. The second-order valence-electron chi connectivity index (χ2n) is 4.02. The van der Waals surface area contributed by atoms with Crippen molar-refractivity contribution in [3.63, 3.8) is 0 Å². The summed E-state index contributed by atoms with van der Waals surface area (Å²) in [6.07, 6.45) is 4.04. The molecule has 2 aliphatic rings. The van der Waals surface area contributed by atoms with Gasteiger partial charge in [-0.25, -0.2) is 0 Å². The third-order valence-corrected chi connectivity index (χ3v) is 3.35. The fourth-order valence-electron chi connectivity index (χ4n) is 2.70. The molecule has 2 N–H and O–H groups in total. The van der Waals surface area contributed by atoms with Crippen LogP contribution in [0.4, 0.5) is 0 Å². The van der Waals surface area contributed by atoms with Crippen LogP contribution >= 0.6 is 0 Å². The Kier molecular flexibility index (Phi) is 1.90. The van der Waals surface area contributed by atoms with E-state index in [9.17, 15) is 0 Å². The number of rotatable bonds is 3. The normalized spacial score (nSPS) is 42.5. The van der Waals surface area contributed by atoms with E-state index in [1.165, 1.54) is 25.8 Å². The van der Waals surface area contributed by atoms with Gasteiger partial charge in [0.15, 0.2) is 0 Å². The van der Waals surface area contributed by atoms with E-state index < -0.39 is 0 Å². The first-order chi connectivity index (χ1) is 5.34. The lowest BCUT2D eigenvalue weighted by molar-refractivity contribution is 0.332. The quantitative estimate of drug-likeness (QED) is 0.647. The molecule has 0 spiro atoms. The maximum Gasteiger partial charge on any atom is 0.0156 e. The van der Waals surface area contributed by atoms with Crippen LogP contribution in [-0.4, -0.2) is 31.1 Å². The Balaban J connectivity index is 1.76. The largest absolute Gasteiger partial charge is 0.330 e. The summed E-state index contributed by atoms with van der Waals surface area (Å²) >= 11 is 0. The summed E-state index contributed by atoms with van der Waals surface area (Å²) in [7, 11) is 2.26. The van der Waals surface area contributed by atoms with Crippen molar-refractivity contribution >= 4 is 0 Å². The minimum absolute atomic E-state index is 0.875. The molecule has 64 valence electrons. The smallest absolute Gasteiger partial charge is 0.0156 e. The number of hydrogen-bond acceptors (Lipinski definition) is 2.